The van der Waals surface area contributed by atoms with Crippen LogP contribution in [-0.2, 0) is 0 Å². The summed E-state index contributed by atoms with van der Waals surface area (Å²) >= 11 is 5.81. The van der Waals surface area contributed by atoms with Gasteiger partial charge in [0, 0.05) is 10.6 Å². The van der Waals surface area contributed by atoms with E-state index in [1.807, 2.05) is 13.8 Å². The largest absolute Gasteiger partial charge is 0.394 e. The van der Waals surface area contributed by atoms with Crippen LogP contribution in [0.4, 0.5) is 0 Å². The van der Waals surface area contributed by atoms with Crippen molar-refractivity contribution in [3.05, 3.63) is 34.9 Å². The summed E-state index contributed by atoms with van der Waals surface area (Å²) in [6.45, 7) is 4.05. The smallest absolute Gasteiger partial charge is 0.251 e. The highest BCUT2D eigenvalue weighted by Crippen LogP contribution is 2.11. The Hall–Kier alpha value is -1.06. The number of amides is 1. The molecule has 4 heteroatoms. The van der Waals surface area contributed by atoms with Crippen LogP contribution in [-0.4, -0.2) is 23.7 Å². The van der Waals surface area contributed by atoms with E-state index < -0.39 is 0 Å². The van der Waals surface area contributed by atoms with Gasteiger partial charge in [-0.15, -0.1) is 0 Å². The Morgan fingerprint density at radius 2 is 2.18 bits per heavy atom. The first-order chi connectivity index (χ1) is 8.02. The first-order valence-corrected chi connectivity index (χ1v) is 6.08. The van der Waals surface area contributed by atoms with E-state index in [9.17, 15) is 9.90 Å². The molecule has 1 rings (SSSR count). The predicted octanol–water partition coefficient (Wildman–Crippen LogP) is 2.48. The fraction of sp³-hybridized carbons (Fsp3) is 0.462. The number of benzene rings is 1. The highest BCUT2D eigenvalue weighted by Gasteiger charge is 2.14. The molecule has 17 heavy (non-hydrogen) atoms. The molecule has 0 bridgehead atoms. The molecule has 1 atom stereocenters. The minimum atomic E-state index is -0.207. The molecule has 0 radical (unpaired) electrons. The second kappa shape index (κ2) is 6.62. The number of nitrogens with one attached hydrogen (secondary N) is 1. The third-order valence-corrected chi connectivity index (χ3v) is 2.63. The number of aliphatic hydroxyl groups excluding tert-OH is 1. The van der Waals surface area contributed by atoms with Crippen LogP contribution < -0.4 is 5.32 Å². The van der Waals surface area contributed by atoms with Crippen molar-refractivity contribution in [3.63, 3.8) is 0 Å². The van der Waals surface area contributed by atoms with Gasteiger partial charge in [0.1, 0.15) is 0 Å². The SMILES string of the molecule is CC(C)CC(CO)NC(=O)c1cccc(Cl)c1. The van der Waals surface area contributed by atoms with Gasteiger partial charge in [-0.2, -0.15) is 0 Å². The quantitative estimate of drug-likeness (QED) is 0.849. The van der Waals surface area contributed by atoms with E-state index in [0.29, 0.717) is 16.5 Å². The van der Waals surface area contributed by atoms with Gasteiger partial charge in [-0.3, -0.25) is 4.79 Å². The Bertz CT molecular complexity index is 379. The summed E-state index contributed by atoms with van der Waals surface area (Å²) in [5.41, 5.74) is 0.514. The van der Waals surface area contributed by atoms with Gasteiger partial charge in [0.2, 0.25) is 0 Å². The van der Waals surface area contributed by atoms with Gasteiger partial charge >= 0.3 is 0 Å². The topological polar surface area (TPSA) is 49.3 Å². The van der Waals surface area contributed by atoms with Crippen LogP contribution in [0.25, 0.3) is 0 Å². The molecule has 2 N–H and O–H groups in total. The third kappa shape index (κ3) is 4.75. The molecule has 0 aliphatic carbocycles. The van der Waals surface area contributed by atoms with Gasteiger partial charge in [0.05, 0.1) is 12.6 Å². The molecule has 0 aliphatic heterocycles. The Labute approximate surface area is 107 Å². The summed E-state index contributed by atoms with van der Waals surface area (Å²) in [6.07, 6.45) is 0.753. The molecule has 1 amide bonds. The van der Waals surface area contributed by atoms with Gasteiger partial charge in [-0.25, -0.2) is 0 Å². The van der Waals surface area contributed by atoms with Gasteiger partial charge in [0.15, 0.2) is 0 Å². The summed E-state index contributed by atoms with van der Waals surface area (Å²) in [5, 5.41) is 12.5. The zero-order chi connectivity index (χ0) is 12.8. The molecule has 0 spiro atoms. The number of carbonyl (C=O) groups excluding carboxylic acids is 1. The van der Waals surface area contributed by atoms with Crippen LogP contribution in [0.1, 0.15) is 30.6 Å². The third-order valence-electron chi connectivity index (χ3n) is 2.40. The molecule has 0 aromatic heterocycles. The maximum absolute atomic E-state index is 11.9. The van der Waals surface area contributed by atoms with Gasteiger partial charge < -0.3 is 10.4 Å². The second-order valence-electron chi connectivity index (χ2n) is 4.49. The molecule has 0 heterocycles. The summed E-state index contributed by atoms with van der Waals surface area (Å²) in [5.74, 6) is 0.221. The van der Waals surface area contributed by atoms with E-state index in [0.717, 1.165) is 6.42 Å². The molecule has 1 aromatic carbocycles. The fourth-order valence-corrected chi connectivity index (χ4v) is 1.84. The zero-order valence-corrected chi connectivity index (χ0v) is 10.9. The molecule has 1 aromatic rings. The monoisotopic (exact) mass is 255 g/mol. The van der Waals surface area contributed by atoms with Crippen LogP contribution in [0.15, 0.2) is 24.3 Å². The van der Waals surface area contributed by atoms with Gasteiger partial charge in [-0.05, 0) is 30.5 Å². The van der Waals surface area contributed by atoms with E-state index in [1.54, 1.807) is 24.3 Å². The molecule has 94 valence electrons. The summed E-state index contributed by atoms with van der Waals surface area (Å²) in [6, 6.07) is 6.55. The van der Waals surface area contributed by atoms with Crippen LogP contribution >= 0.6 is 11.6 Å². The predicted molar refractivity (Wildman–Crippen MR) is 69.2 cm³/mol. The van der Waals surface area contributed by atoms with E-state index in [2.05, 4.69) is 5.32 Å². The maximum atomic E-state index is 11.9. The van der Waals surface area contributed by atoms with E-state index >= 15 is 0 Å². The average Bonchev–Trinajstić information content (AvgIpc) is 2.27. The normalized spacial score (nSPS) is 12.5. The van der Waals surface area contributed by atoms with Crippen LogP contribution in [0.3, 0.4) is 0 Å². The molecular formula is C13H18ClNO2. The van der Waals surface area contributed by atoms with Crippen molar-refractivity contribution >= 4 is 17.5 Å². The summed E-state index contributed by atoms with van der Waals surface area (Å²) < 4.78 is 0. The Morgan fingerprint density at radius 3 is 2.71 bits per heavy atom. The van der Waals surface area contributed by atoms with E-state index in [4.69, 9.17) is 11.6 Å². The second-order valence-corrected chi connectivity index (χ2v) is 4.93. The van der Waals surface area contributed by atoms with Crippen molar-refractivity contribution in [1.29, 1.82) is 0 Å². The number of halogens is 1. The van der Waals surface area contributed by atoms with Crippen molar-refractivity contribution in [1.82, 2.24) is 5.32 Å². The van der Waals surface area contributed by atoms with Crippen LogP contribution in [0, 0.1) is 5.92 Å². The molecule has 0 saturated heterocycles. The fourth-order valence-electron chi connectivity index (χ4n) is 1.65. The lowest BCUT2D eigenvalue weighted by molar-refractivity contribution is 0.0908. The van der Waals surface area contributed by atoms with Crippen molar-refractivity contribution in [3.8, 4) is 0 Å². The molecule has 3 nitrogen and oxygen atoms in total. The maximum Gasteiger partial charge on any atom is 0.251 e. The zero-order valence-electron chi connectivity index (χ0n) is 10.1. The standard InChI is InChI=1S/C13H18ClNO2/c1-9(2)6-12(8-16)15-13(17)10-4-3-5-11(14)7-10/h3-5,7,9,12,16H,6,8H2,1-2H3,(H,15,17). The first kappa shape index (κ1) is 14.0. The Morgan fingerprint density at radius 1 is 1.47 bits per heavy atom. The van der Waals surface area contributed by atoms with E-state index in [-0.39, 0.29) is 18.6 Å². The molecular weight excluding hydrogens is 238 g/mol. The highest BCUT2D eigenvalue weighted by molar-refractivity contribution is 6.30. The minimum absolute atomic E-state index is 0.0511. The minimum Gasteiger partial charge on any atom is -0.394 e. The molecule has 0 fully saturated rings. The van der Waals surface area contributed by atoms with Crippen LogP contribution in [0.5, 0.6) is 0 Å². The number of aliphatic hydroxyl groups is 1. The summed E-state index contributed by atoms with van der Waals surface area (Å²) in [7, 11) is 0. The highest BCUT2D eigenvalue weighted by atomic mass is 35.5. The molecule has 0 aliphatic rings. The number of hydrogen-bond acceptors (Lipinski definition) is 2. The van der Waals surface area contributed by atoms with E-state index in [1.165, 1.54) is 0 Å². The number of hydrogen-bond donors (Lipinski definition) is 2. The van der Waals surface area contributed by atoms with Crippen molar-refractivity contribution in [2.45, 2.75) is 26.3 Å². The molecule has 1 unspecified atom stereocenters. The van der Waals surface area contributed by atoms with Gasteiger partial charge in [0.25, 0.3) is 5.91 Å². The lowest BCUT2D eigenvalue weighted by Crippen LogP contribution is -2.38. The lowest BCUT2D eigenvalue weighted by atomic mass is 10.0. The van der Waals surface area contributed by atoms with Crippen LogP contribution in [0.2, 0.25) is 5.02 Å². The van der Waals surface area contributed by atoms with Gasteiger partial charge in [-0.1, -0.05) is 31.5 Å². The number of carbonyl (C=O) groups is 1. The first-order valence-electron chi connectivity index (χ1n) is 5.70. The Kier molecular flexibility index (Phi) is 5.45. The van der Waals surface area contributed by atoms with Crippen molar-refractivity contribution < 1.29 is 9.90 Å². The molecule has 0 saturated carbocycles. The Balaban J connectivity index is 2.64. The average molecular weight is 256 g/mol. The van der Waals surface area contributed by atoms with Crippen molar-refractivity contribution in [2.75, 3.05) is 6.61 Å². The summed E-state index contributed by atoms with van der Waals surface area (Å²) in [4.78, 5) is 11.9. The van der Waals surface area contributed by atoms with Crippen molar-refractivity contribution in [2.24, 2.45) is 5.92 Å². The lowest BCUT2D eigenvalue weighted by Gasteiger charge is -2.18. The number of rotatable bonds is 5.